The Hall–Kier alpha value is -2.43. The molecule has 0 spiro atoms. The molecule has 21 heavy (non-hydrogen) atoms. The minimum absolute atomic E-state index is 0.237. The number of ether oxygens (including phenoxy) is 1. The Morgan fingerprint density at radius 1 is 1.10 bits per heavy atom. The fourth-order valence-corrected chi connectivity index (χ4v) is 2.04. The summed E-state index contributed by atoms with van der Waals surface area (Å²) in [6.07, 6.45) is 6.19. The highest BCUT2D eigenvalue weighted by Crippen LogP contribution is 2.19. The summed E-state index contributed by atoms with van der Waals surface area (Å²) in [7, 11) is 1.54. The van der Waals surface area contributed by atoms with E-state index in [4.69, 9.17) is 9.84 Å². The second-order valence-corrected chi connectivity index (χ2v) is 4.76. The molecule has 110 valence electrons. The Labute approximate surface area is 123 Å². The standard InChI is InChI=1S/C16H18N2O3/c1-21-16-17-10-14(11-18-16)13-8-6-12(7-9-13)4-2-3-5-15(19)20/h6-11H,2-5H2,1H3,(H,19,20). The van der Waals surface area contributed by atoms with E-state index >= 15 is 0 Å². The van der Waals surface area contributed by atoms with Crippen LogP contribution in [0, 0.1) is 0 Å². The van der Waals surface area contributed by atoms with Crippen molar-refractivity contribution in [2.24, 2.45) is 0 Å². The van der Waals surface area contributed by atoms with E-state index in [1.54, 1.807) is 12.4 Å². The summed E-state index contributed by atoms with van der Waals surface area (Å²) >= 11 is 0. The van der Waals surface area contributed by atoms with Gasteiger partial charge in [-0.2, -0.15) is 0 Å². The average Bonchev–Trinajstić information content (AvgIpc) is 2.52. The van der Waals surface area contributed by atoms with Crippen molar-refractivity contribution < 1.29 is 14.6 Å². The van der Waals surface area contributed by atoms with Gasteiger partial charge in [0.25, 0.3) is 0 Å². The molecule has 2 aromatic rings. The van der Waals surface area contributed by atoms with Crippen LogP contribution < -0.4 is 4.74 Å². The molecule has 1 heterocycles. The summed E-state index contributed by atoms with van der Waals surface area (Å²) in [6.45, 7) is 0. The number of hydrogen-bond donors (Lipinski definition) is 1. The maximum Gasteiger partial charge on any atom is 0.316 e. The topological polar surface area (TPSA) is 72.3 Å². The van der Waals surface area contributed by atoms with E-state index in [-0.39, 0.29) is 6.42 Å². The lowest BCUT2D eigenvalue weighted by atomic mass is 10.0. The molecule has 1 aromatic carbocycles. The molecule has 2 rings (SSSR count). The van der Waals surface area contributed by atoms with Gasteiger partial charge < -0.3 is 9.84 Å². The van der Waals surface area contributed by atoms with Crippen molar-refractivity contribution in [2.75, 3.05) is 7.11 Å². The molecule has 0 bridgehead atoms. The van der Waals surface area contributed by atoms with Crippen molar-refractivity contribution in [3.8, 4) is 17.1 Å². The lowest BCUT2D eigenvalue weighted by molar-refractivity contribution is -0.137. The van der Waals surface area contributed by atoms with Crippen molar-refractivity contribution in [1.29, 1.82) is 0 Å². The van der Waals surface area contributed by atoms with Gasteiger partial charge in [-0.25, -0.2) is 9.97 Å². The number of aromatic nitrogens is 2. The number of rotatable bonds is 7. The number of carboxylic acids is 1. The molecule has 1 N–H and O–H groups in total. The quantitative estimate of drug-likeness (QED) is 0.792. The number of unbranched alkanes of at least 4 members (excludes halogenated alkanes) is 1. The third-order valence-corrected chi connectivity index (χ3v) is 3.20. The van der Waals surface area contributed by atoms with Crippen molar-refractivity contribution in [2.45, 2.75) is 25.7 Å². The Balaban J connectivity index is 1.93. The normalized spacial score (nSPS) is 10.3. The van der Waals surface area contributed by atoms with Gasteiger partial charge in [-0.3, -0.25) is 4.79 Å². The van der Waals surface area contributed by atoms with E-state index < -0.39 is 5.97 Å². The number of nitrogens with zero attached hydrogens (tertiary/aromatic N) is 2. The Bertz CT molecular complexity index is 579. The SMILES string of the molecule is COc1ncc(-c2ccc(CCCCC(=O)O)cc2)cn1. The van der Waals surface area contributed by atoms with Gasteiger partial charge in [-0.1, -0.05) is 24.3 Å². The van der Waals surface area contributed by atoms with E-state index in [1.165, 1.54) is 12.7 Å². The molecule has 0 fully saturated rings. The zero-order valence-corrected chi connectivity index (χ0v) is 12.0. The molecule has 0 aliphatic rings. The number of hydrogen-bond acceptors (Lipinski definition) is 4. The van der Waals surface area contributed by atoms with Crippen LogP contribution in [0.2, 0.25) is 0 Å². The smallest absolute Gasteiger partial charge is 0.316 e. The van der Waals surface area contributed by atoms with E-state index in [9.17, 15) is 4.79 Å². The minimum Gasteiger partial charge on any atom is -0.481 e. The van der Waals surface area contributed by atoms with Gasteiger partial charge in [0, 0.05) is 24.4 Å². The summed E-state index contributed by atoms with van der Waals surface area (Å²) in [4.78, 5) is 18.6. The van der Waals surface area contributed by atoms with Gasteiger partial charge in [0.05, 0.1) is 7.11 Å². The van der Waals surface area contributed by atoms with Gasteiger partial charge in [0.15, 0.2) is 0 Å². The summed E-state index contributed by atoms with van der Waals surface area (Å²) in [6, 6.07) is 8.52. The Kier molecular flexibility index (Phi) is 5.26. The van der Waals surface area contributed by atoms with Crippen LogP contribution in [0.4, 0.5) is 0 Å². The van der Waals surface area contributed by atoms with Gasteiger partial charge in [0.1, 0.15) is 0 Å². The second-order valence-electron chi connectivity index (χ2n) is 4.76. The highest BCUT2D eigenvalue weighted by molar-refractivity contribution is 5.66. The first-order valence-corrected chi connectivity index (χ1v) is 6.86. The highest BCUT2D eigenvalue weighted by atomic mass is 16.5. The number of aryl methyl sites for hydroxylation is 1. The van der Waals surface area contributed by atoms with Crippen molar-refractivity contribution in [3.05, 3.63) is 42.2 Å². The molecule has 0 saturated carbocycles. The van der Waals surface area contributed by atoms with Crippen molar-refractivity contribution in [3.63, 3.8) is 0 Å². The van der Waals surface area contributed by atoms with Crippen LogP contribution in [0.15, 0.2) is 36.7 Å². The molecule has 0 amide bonds. The number of aliphatic carboxylic acids is 1. The monoisotopic (exact) mass is 286 g/mol. The molecule has 5 nitrogen and oxygen atoms in total. The molecule has 0 aliphatic heterocycles. The highest BCUT2D eigenvalue weighted by Gasteiger charge is 2.02. The molecule has 0 radical (unpaired) electrons. The molecule has 0 unspecified atom stereocenters. The van der Waals surface area contributed by atoms with Crippen LogP contribution in [0.5, 0.6) is 6.01 Å². The summed E-state index contributed by atoms with van der Waals surface area (Å²) in [5.41, 5.74) is 3.19. The first-order chi connectivity index (χ1) is 10.2. The number of methoxy groups -OCH3 is 1. The molecule has 5 heteroatoms. The van der Waals surface area contributed by atoms with E-state index in [0.29, 0.717) is 12.4 Å². The Morgan fingerprint density at radius 2 is 1.76 bits per heavy atom. The van der Waals surface area contributed by atoms with Crippen LogP contribution in [-0.2, 0) is 11.2 Å². The van der Waals surface area contributed by atoms with Crippen LogP contribution in [0.1, 0.15) is 24.8 Å². The van der Waals surface area contributed by atoms with Crippen molar-refractivity contribution >= 4 is 5.97 Å². The number of carbonyl (C=O) groups is 1. The second kappa shape index (κ2) is 7.38. The maximum absolute atomic E-state index is 10.4. The molecule has 0 saturated heterocycles. The predicted molar refractivity (Wildman–Crippen MR) is 79.2 cm³/mol. The molecule has 1 aromatic heterocycles. The first kappa shape index (κ1) is 15.0. The lowest BCUT2D eigenvalue weighted by Gasteiger charge is -2.04. The molecular formula is C16H18N2O3. The molecule has 0 atom stereocenters. The van der Waals surface area contributed by atoms with Crippen molar-refractivity contribution in [1.82, 2.24) is 9.97 Å². The minimum atomic E-state index is -0.732. The zero-order chi connectivity index (χ0) is 15.1. The van der Waals surface area contributed by atoms with Gasteiger partial charge in [0.2, 0.25) is 0 Å². The van der Waals surface area contributed by atoms with Crippen LogP contribution >= 0.6 is 0 Å². The van der Waals surface area contributed by atoms with Gasteiger partial charge in [-0.05, 0) is 30.4 Å². The fraction of sp³-hybridized carbons (Fsp3) is 0.312. The van der Waals surface area contributed by atoms with Gasteiger partial charge in [-0.15, -0.1) is 0 Å². The van der Waals surface area contributed by atoms with E-state index in [2.05, 4.69) is 22.1 Å². The number of benzene rings is 1. The Morgan fingerprint density at radius 3 is 2.33 bits per heavy atom. The average molecular weight is 286 g/mol. The third-order valence-electron chi connectivity index (χ3n) is 3.20. The largest absolute Gasteiger partial charge is 0.481 e. The zero-order valence-electron chi connectivity index (χ0n) is 12.0. The summed E-state index contributed by atoms with van der Waals surface area (Å²) < 4.78 is 4.93. The first-order valence-electron chi connectivity index (χ1n) is 6.86. The number of carboxylic acid groups (broad SMARTS) is 1. The van der Waals surface area contributed by atoms with Crippen LogP contribution in [-0.4, -0.2) is 28.2 Å². The third kappa shape index (κ3) is 4.56. The fourth-order valence-electron chi connectivity index (χ4n) is 2.04. The van der Waals surface area contributed by atoms with E-state index in [0.717, 1.165) is 24.0 Å². The lowest BCUT2D eigenvalue weighted by Crippen LogP contribution is -1.95. The summed E-state index contributed by atoms with van der Waals surface area (Å²) in [5, 5.41) is 8.59. The van der Waals surface area contributed by atoms with Gasteiger partial charge >= 0.3 is 12.0 Å². The molecule has 0 aliphatic carbocycles. The van der Waals surface area contributed by atoms with Crippen LogP contribution in [0.3, 0.4) is 0 Å². The predicted octanol–water partition coefficient (Wildman–Crippen LogP) is 2.95. The maximum atomic E-state index is 10.4. The summed E-state index contributed by atoms with van der Waals surface area (Å²) in [5.74, 6) is -0.732. The molecular weight excluding hydrogens is 268 g/mol. The van der Waals surface area contributed by atoms with E-state index in [1.807, 2.05) is 12.1 Å². The van der Waals surface area contributed by atoms with Crippen LogP contribution in [0.25, 0.3) is 11.1 Å².